The maximum atomic E-state index is 11.4. The van der Waals surface area contributed by atoms with Gasteiger partial charge in [0.25, 0.3) is 5.91 Å². The van der Waals surface area contributed by atoms with Crippen LogP contribution in [0, 0.1) is 6.92 Å². The van der Waals surface area contributed by atoms with E-state index in [-0.39, 0.29) is 11.6 Å². The van der Waals surface area contributed by atoms with Crippen molar-refractivity contribution in [1.82, 2.24) is 15.5 Å². The lowest BCUT2D eigenvalue weighted by molar-refractivity contribution is 0.0933. The van der Waals surface area contributed by atoms with E-state index in [0.29, 0.717) is 24.5 Å². The Hall–Kier alpha value is -1.56. The van der Waals surface area contributed by atoms with E-state index in [0.717, 1.165) is 0 Å². The summed E-state index contributed by atoms with van der Waals surface area (Å²) in [6.07, 6.45) is 0. The van der Waals surface area contributed by atoms with Gasteiger partial charge in [-0.25, -0.2) is 0 Å². The van der Waals surface area contributed by atoms with Crippen molar-refractivity contribution in [3.63, 3.8) is 0 Å². The monoisotopic (exact) mass is 198 g/mol. The molecule has 6 heteroatoms. The predicted octanol–water partition coefficient (Wildman–Crippen LogP) is -0.323. The normalized spacial score (nSPS) is 10.1. The van der Waals surface area contributed by atoms with E-state index in [9.17, 15) is 4.79 Å². The molecule has 1 heterocycles. The van der Waals surface area contributed by atoms with Crippen molar-refractivity contribution in [1.29, 1.82) is 0 Å². The smallest absolute Gasteiger partial charge is 0.274 e. The van der Waals surface area contributed by atoms with Gasteiger partial charge in [0.05, 0.1) is 18.0 Å². The van der Waals surface area contributed by atoms with Crippen LogP contribution in [0.25, 0.3) is 0 Å². The summed E-state index contributed by atoms with van der Waals surface area (Å²) in [6, 6.07) is 0. The number of aromatic amines is 1. The highest BCUT2D eigenvalue weighted by molar-refractivity contribution is 5.97. The van der Waals surface area contributed by atoms with E-state index in [1.54, 1.807) is 14.0 Å². The highest BCUT2D eigenvalue weighted by Gasteiger charge is 2.14. The number of ether oxygens (including phenoxy) is 1. The van der Waals surface area contributed by atoms with Crippen molar-refractivity contribution in [2.75, 3.05) is 26.0 Å². The maximum Gasteiger partial charge on any atom is 0.274 e. The summed E-state index contributed by atoms with van der Waals surface area (Å²) in [5.74, 6) is -0.288. The van der Waals surface area contributed by atoms with Crippen LogP contribution < -0.4 is 11.1 Å². The minimum absolute atomic E-state index is 0.235. The molecule has 0 aliphatic carbocycles. The zero-order chi connectivity index (χ0) is 10.6. The first-order valence-electron chi connectivity index (χ1n) is 4.24. The lowest BCUT2D eigenvalue weighted by Crippen LogP contribution is -2.27. The second-order valence-corrected chi connectivity index (χ2v) is 2.86. The van der Waals surface area contributed by atoms with E-state index < -0.39 is 0 Å². The molecule has 1 aromatic heterocycles. The Morgan fingerprint density at radius 3 is 2.93 bits per heavy atom. The molecule has 0 aliphatic heterocycles. The molecule has 1 amide bonds. The van der Waals surface area contributed by atoms with Crippen molar-refractivity contribution < 1.29 is 9.53 Å². The summed E-state index contributed by atoms with van der Waals surface area (Å²) in [7, 11) is 1.57. The zero-order valence-corrected chi connectivity index (χ0v) is 8.26. The van der Waals surface area contributed by atoms with Gasteiger partial charge >= 0.3 is 0 Å². The number of amides is 1. The third kappa shape index (κ3) is 2.23. The van der Waals surface area contributed by atoms with Gasteiger partial charge < -0.3 is 15.8 Å². The van der Waals surface area contributed by atoms with Crippen molar-refractivity contribution in [2.24, 2.45) is 0 Å². The number of carbonyl (C=O) groups excluding carboxylic acids is 1. The van der Waals surface area contributed by atoms with Gasteiger partial charge in [-0.3, -0.25) is 9.89 Å². The number of methoxy groups -OCH3 is 1. The van der Waals surface area contributed by atoms with E-state index >= 15 is 0 Å². The summed E-state index contributed by atoms with van der Waals surface area (Å²) >= 11 is 0. The van der Waals surface area contributed by atoms with Crippen LogP contribution in [-0.4, -0.2) is 36.4 Å². The average Bonchev–Trinajstić information content (AvgIpc) is 2.48. The van der Waals surface area contributed by atoms with Crippen LogP contribution in [0.4, 0.5) is 5.69 Å². The molecule has 4 N–H and O–H groups in total. The first-order valence-corrected chi connectivity index (χ1v) is 4.24. The Kier molecular flexibility index (Phi) is 3.47. The number of nitrogen functional groups attached to an aromatic ring is 1. The summed E-state index contributed by atoms with van der Waals surface area (Å²) in [6.45, 7) is 2.67. The number of nitrogens with two attached hydrogens (primary N) is 1. The van der Waals surface area contributed by atoms with Gasteiger partial charge in [0.15, 0.2) is 5.69 Å². The highest BCUT2D eigenvalue weighted by Crippen LogP contribution is 2.11. The van der Waals surface area contributed by atoms with Crippen LogP contribution in [0.1, 0.15) is 16.2 Å². The fraction of sp³-hybridized carbons (Fsp3) is 0.500. The fourth-order valence-electron chi connectivity index (χ4n) is 0.961. The molecule has 0 radical (unpaired) electrons. The number of aromatic nitrogens is 2. The highest BCUT2D eigenvalue weighted by atomic mass is 16.5. The van der Waals surface area contributed by atoms with Crippen molar-refractivity contribution in [3.8, 4) is 0 Å². The molecule has 1 aromatic rings. The first kappa shape index (κ1) is 10.5. The summed E-state index contributed by atoms with van der Waals surface area (Å²) in [5.41, 5.74) is 6.94. The molecule has 0 aliphatic rings. The van der Waals surface area contributed by atoms with Crippen LogP contribution >= 0.6 is 0 Å². The van der Waals surface area contributed by atoms with Gasteiger partial charge in [0.2, 0.25) is 0 Å². The van der Waals surface area contributed by atoms with Crippen molar-refractivity contribution in [2.45, 2.75) is 6.92 Å². The molecule has 1 rings (SSSR count). The van der Waals surface area contributed by atoms with Gasteiger partial charge in [0.1, 0.15) is 0 Å². The lowest BCUT2D eigenvalue weighted by atomic mass is 10.3. The second-order valence-electron chi connectivity index (χ2n) is 2.86. The summed E-state index contributed by atoms with van der Waals surface area (Å²) < 4.78 is 4.79. The van der Waals surface area contributed by atoms with Gasteiger partial charge in [-0.2, -0.15) is 5.10 Å². The Bertz CT molecular complexity index is 321. The number of carbonyl (C=O) groups is 1. The van der Waals surface area contributed by atoms with Crippen LogP contribution in [-0.2, 0) is 4.74 Å². The average molecular weight is 198 g/mol. The van der Waals surface area contributed by atoms with Crippen LogP contribution in [0.5, 0.6) is 0 Å². The number of nitrogens with zero attached hydrogens (tertiary/aromatic N) is 1. The molecule has 0 bridgehead atoms. The third-order valence-corrected chi connectivity index (χ3v) is 1.80. The standard InChI is InChI=1S/C8H14N4O2/c1-5-6(9)7(12-11-5)8(13)10-3-4-14-2/h3-4,9H2,1-2H3,(H,10,13)(H,11,12). The van der Waals surface area contributed by atoms with E-state index in [1.165, 1.54) is 0 Å². The van der Waals surface area contributed by atoms with E-state index in [2.05, 4.69) is 15.5 Å². The van der Waals surface area contributed by atoms with Crippen molar-refractivity contribution >= 4 is 11.6 Å². The van der Waals surface area contributed by atoms with Gasteiger partial charge in [-0.1, -0.05) is 0 Å². The quantitative estimate of drug-likeness (QED) is 0.578. The minimum Gasteiger partial charge on any atom is -0.395 e. The number of H-pyrrole nitrogens is 1. The molecule has 0 saturated carbocycles. The van der Waals surface area contributed by atoms with Crippen LogP contribution in [0.15, 0.2) is 0 Å². The Balaban J connectivity index is 2.56. The molecule has 0 fully saturated rings. The number of nitrogens with one attached hydrogen (secondary N) is 2. The number of rotatable bonds is 4. The molecule has 78 valence electrons. The molecule has 14 heavy (non-hydrogen) atoms. The minimum atomic E-state index is -0.288. The molecule has 6 nitrogen and oxygen atoms in total. The summed E-state index contributed by atoms with van der Waals surface area (Å²) in [5, 5.41) is 9.06. The van der Waals surface area contributed by atoms with E-state index in [4.69, 9.17) is 10.5 Å². The molecule has 0 spiro atoms. The maximum absolute atomic E-state index is 11.4. The number of aryl methyl sites for hydroxylation is 1. The number of hydrogen-bond acceptors (Lipinski definition) is 4. The SMILES string of the molecule is COCCNC(=O)c1n[nH]c(C)c1N. The van der Waals surface area contributed by atoms with Crippen molar-refractivity contribution in [3.05, 3.63) is 11.4 Å². The zero-order valence-electron chi connectivity index (χ0n) is 8.26. The fourth-order valence-corrected chi connectivity index (χ4v) is 0.961. The molecule has 0 atom stereocenters. The molecule has 0 aromatic carbocycles. The second kappa shape index (κ2) is 4.61. The first-order chi connectivity index (χ1) is 6.66. The number of anilines is 1. The molecular formula is C8H14N4O2. The third-order valence-electron chi connectivity index (χ3n) is 1.80. The van der Waals surface area contributed by atoms with Gasteiger partial charge in [-0.15, -0.1) is 0 Å². The van der Waals surface area contributed by atoms with Gasteiger partial charge in [0, 0.05) is 13.7 Å². The Morgan fingerprint density at radius 1 is 1.71 bits per heavy atom. The van der Waals surface area contributed by atoms with Crippen LogP contribution in [0.3, 0.4) is 0 Å². The topological polar surface area (TPSA) is 93.0 Å². The largest absolute Gasteiger partial charge is 0.395 e. The number of hydrogen-bond donors (Lipinski definition) is 3. The predicted molar refractivity (Wildman–Crippen MR) is 51.9 cm³/mol. The van der Waals surface area contributed by atoms with Gasteiger partial charge in [-0.05, 0) is 6.92 Å². The Labute approximate surface area is 81.8 Å². The summed E-state index contributed by atoms with van der Waals surface area (Å²) in [4.78, 5) is 11.4. The van der Waals surface area contributed by atoms with E-state index in [1.807, 2.05) is 0 Å². The molecule has 0 unspecified atom stereocenters. The molecule has 0 saturated heterocycles. The lowest BCUT2D eigenvalue weighted by Gasteiger charge is -2.02. The van der Waals surface area contributed by atoms with Crippen LogP contribution in [0.2, 0.25) is 0 Å². The Morgan fingerprint density at radius 2 is 2.43 bits per heavy atom. The molecular weight excluding hydrogens is 184 g/mol.